The number of hydrogen-bond acceptors (Lipinski definition) is 4. The molecular weight excluding hydrogens is 256 g/mol. The molecule has 20 heavy (non-hydrogen) atoms. The van der Waals surface area contributed by atoms with Crippen molar-refractivity contribution in [2.75, 3.05) is 26.2 Å². The Bertz CT molecular complexity index is 500. The topological polar surface area (TPSA) is 64.0 Å². The third kappa shape index (κ3) is 3.04. The van der Waals surface area contributed by atoms with Crippen LogP contribution in [0, 0.1) is 0 Å². The van der Waals surface area contributed by atoms with Gasteiger partial charge in [0.15, 0.2) is 11.5 Å². The third-order valence-corrected chi connectivity index (χ3v) is 3.74. The number of carbonyl (C=O) groups excluding carboxylic acids is 1. The van der Waals surface area contributed by atoms with E-state index in [0.717, 1.165) is 13.1 Å². The van der Waals surface area contributed by atoms with E-state index in [2.05, 4.69) is 25.7 Å². The van der Waals surface area contributed by atoms with Crippen molar-refractivity contribution in [1.29, 1.82) is 0 Å². The zero-order chi connectivity index (χ0) is 14.9. The Morgan fingerprint density at radius 3 is 2.15 bits per heavy atom. The van der Waals surface area contributed by atoms with Crippen LogP contribution in [0.4, 0.5) is 0 Å². The molecule has 110 valence electrons. The monoisotopic (exact) mass is 278 g/mol. The summed E-state index contributed by atoms with van der Waals surface area (Å²) in [6.07, 6.45) is 0. The highest BCUT2D eigenvalue weighted by Gasteiger charge is 2.28. The fraction of sp³-hybridized carbons (Fsp3) is 0.533. The van der Waals surface area contributed by atoms with Gasteiger partial charge in [-0.15, -0.1) is 0 Å². The summed E-state index contributed by atoms with van der Waals surface area (Å²) >= 11 is 0. The molecule has 0 saturated carbocycles. The molecule has 0 aliphatic carbocycles. The van der Waals surface area contributed by atoms with E-state index in [-0.39, 0.29) is 22.9 Å². The Balaban J connectivity index is 2.03. The van der Waals surface area contributed by atoms with Gasteiger partial charge in [-0.05, 0) is 39.0 Å². The van der Waals surface area contributed by atoms with Gasteiger partial charge < -0.3 is 15.1 Å². The largest absolute Gasteiger partial charge is 0.504 e. The zero-order valence-electron chi connectivity index (χ0n) is 12.3. The van der Waals surface area contributed by atoms with Crippen LogP contribution in [-0.2, 0) is 0 Å². The second kappa shape index (κ2) is 5.32. The maximum atomic E-state index is 12.3. The first-order valence-corrected chi connectivity index (χ1v) is 6.85. The highest BCUT2D eigenvalue weighted by molar-refractivity contribution is 5.95. The Morgan fingerprint density at radius 1 is 1.05 bits per heavy atom. The van der Waals surface area contributed by atoms with Gasteiger partial charge in [0.2, 0.25) is 0 Å². The molecule has 1 aliphatic rings. The molecule has 1 aromatic carbocycles. The number of phenols is 2. The molecule has 5 nitrogen and oxygen atoms in total. The van der Waals surface area contributed by atoms with Crippen molar-refractivity contribution < 1.29 is 15.0 Å². The average Bonchev–Trinajstić information content (AvgIpc) is 2.40. The molecule has 1 aliphatic heterocycles. The number of piperazine rings is 1. The molecule has 0 atom stereocenters. The van der Waals surface area contributed by atoms with E-state index < -0.39 is 0 Å². The van der Waals surface area contributed by atoms with Crippen molar-refractivity contribution in [3.8, 4) is 11.5 Å². The zero-order valence-corrected chi connectivity index (χ0v) is 12.3. The molecule has 5 heteroatoms. The van der Waals surface area contributed by atoms with Gasteiger partial charge in [0.1, 0.15) is 0 Å². The van der Waals surface area contributed by atoms with Crippen LogP contribution in [0.2, 0.25) is 0 Å². The molecule has 0 radical (unpaired) electrons. The second-order valence-electron chi connectivity index (χ2n) is 6.15. The number of benzene rings is 1. The van der Waals surface area contributed by atoms with Crippen LogP contribution in [0.1, 0.15) is 31.1 Å². The Morgan fingerprint density at radius 2 is 1.65 bits per heavy atom. The van der Waals surface area contributed by atoms with Crippen molar-refractivity contribution in [3.05, 3.63) is 23.8 Å². The number of carbonyl (C=O) groups is 1. The van der Waals surface area contributed by atoms with Crippen LogP contribution in [0.5, 0.6) is 11.5 Å². The summed E-state index contributed by atoms with van der Waals surface area (Å²) in [6, 6.07) is 4.19. The summed E-state index contributed by atoms with van der Waals surface area (Å²) in [6.45, 7) is 9.56. The van der Waals surface area contributed by atoms with Gasteiger partial charge in [0.25, 0.3) is 5.91 Å². The van der Waals surface area contributed by atoms with Crippen LogP contribution in [0.15, 0.2) is 18.2 Å². The first-order chi connectivity index (χ1) is 9.29. The minimum absolute atomic E-state index is 0.103. The van der Waals surface area contributed by atoms with E-state index in [4.69, 9.17) is 0 Å². The van der Waals surface area contributed by atoms with Crippen LogP contribution < -0.4 is 0 Å². The molecule has 2 N–H and O–H groups in total. The van der Waals surface area contributed by atoms with Gasteiger partial charge in [0.05, 0.1) is 0 Å². The van der Waals surface area contributed by atoms with Crippen molar-refractivity contribution >= 4 is 5.91 Å². The second-order valence-corrected chi connectivity index (χ2v) is 6.15. The number of hydrogen-bond donors (Lipinski definition) is 2. The summed E-state index contributed by atoms with van der Waals surface area (Å²) < 4.78 is 0. The molecule has 2 rings (SSSR count). The average molecular weight is 278 g/mol. The number of rotatable bonds is 1. The predicted octanol–water partition coefficient (Wildman–Crippen LogP) is 1.65. The SMILES string of the molecule is CC(C)(C)N1CCN(C(=O)c2ccc(O)c(O)c2)CC1. The smallest absolute Gasteiger partial charge is 0.254 e. The van der Waals surface area contributed by atoms with Crippen LogP contribution in [0.25, 0.3) is 0 Å². The summed E-state index contributed by atoms with van der Waals surface area (Å²) in [7, 11) is 0. The normalized spacial score (nSPS) is 17.2. The van der Waals surface area contributed by atoms with Crippen molar-refractivity contribution in [2.24, 2.45) is 0 Å². The lowest BCUT2D eigenvalue weighted by Crippen LogP contribution is -2.54. The lowest BCUT2D eigenvalue weighted by molar-refractivity contribution is 0.0451. The van der Waals surface area contributed by atoms with E-state index in [1.54, 1.807) is 4.90 Å². The molecule has 1 fully saturated rings. The lowest BCUT2D eigenvalue weighted by Gasteiger charge is -2.42. The van der Waals surface area contributed by atoms with Gasteiger partial charge >= 0.3 is 0 Å². The minimum atomic E-state index is -0.260. The van der Waals surface area contributed by atoms with Crippen molar-refractivity contribution in [2.45, 2.75) is 26.3 Å². The van der Waals surface area contributed by atoms with Crippen LogP contribution in [0.3, 0.4) is 0 Å². The van der Waals surface area contributed by atoms with E-state index in [1.807, 2.05) is 0 Å². The third-order valence-electron chi connectivity index (χ3n) is 3.74. The quantitative estimate of drug-likeness (QED) is 0.767. The molecule has 0 bridgehead atoms. The molecule has 0 unspecified atom stereocenters. The van der Waals surface area contributed by atoms with Crippen molar-refractivity contribution in [3.63, 3.8) is 0 Å². The molecule has 0 aromatic heterocycles. The highest BCUT2D eigenvalue weighted by Crippen LogP contribution is 2.26. The molecule has 1 saturated heterocycles. The maximum absolute atomic E-state index is 12.3. The van der Waals surface area contributed by atoms with Crippen LogP contribution >= 0.6 is 0 Å². The lowest BCUT2D eigenvalue weighted by atomic mass is 10.0. The van der Waals surface area contributed by atoms with E-state index in [1.165, 1.54) is 18.2 Å². The van der Waals surface area contributed by atoms with Crippen molar-refractivity contribution in [1.82, 2.24) is 9.80 Å². The number of nitrogens with zero attached hydrogens (tertiary/aromatic N) is 2. The Hall–Kier alpha value is -1.75. The van der Waals surface area contributed by atoms with Gasteiger partial charge in [0, 0.05) is 37.3 Å². The van der Waals surface area contributed by atoms with Gasteiger partial charge in [-0.2, -0.15) is 0 Å². The molecule has 1 amide bonds. The van der Waals surface area contributed by atoms with Crippen LogP contribution in [-0.4, -0.2) is 57.6 Å². The van der Waals surface area contributed by atoms with Gasteiger partial charge in [-0.3, -0.25) is 9.69 Å². The summed E-state index contributed by atoms with van der Waals surface area (Å²) in [5, 5.41) is 18.7. The summed E-state index contributed by atoms with van der Waals surface area (Å²) in [5.74, 6) is -0.572. The first-order valence-electron chi connectivity index (χ1n) is 6.85. The Kier molecular flexibility index (Phi) is 3.90. The fourth-order valence-corrected chi connectivity index (χ4v) is 2.42. The number of amides is 1. The molecule has 0 spiro atoms. The molecular formula is C15H22N2O3. The predicted molar refractivity (Wildman–Crippen MR) is 77.0 cm³/mol. The van der Waals surface area contributed by atoms with Gasteiger partial charge in [-0.25, -0.2) is 0 Å². The highest BCUT2D eigenvalue weighted by atomic mass is 16.3. The first kappa shape index (κ1) is 14.7. The standard InChI is InChI=1S/C15H22N2O3/c1-15(2,3)17-8-6-16(7-9-17)14(20)11-4-5-12(18)13(19)10-11/h4-5,10,18-19H,6-9H2,1-3H3. The van der Waals surface area contributed by atoms with Gasteiger partial charge in [-0.1, -0.05) is 0 Å². The number of aromatic hydroxyl groups is 2. The summed E-state index contributed by atoms with van der Waals surface area (Å²) in [4.78, 5) is 16.5. The molecule has 1 aromatic rings. The Labute approximate surface area is 119 Å². The fourth-order valence-electron chi connectivity index (χ4n) is 2.42. The summed E-state index contributed by atoms with van der Waals surface area (Å²) in [5.41, 5.74) is 0.524. The van der Waals surface area contributed by atoms with E-state index >= 15 is 0 Å². The molecule has 1 heterocycles. The minimum Gasteiger partial charge on any atom is -0.504 e. The number of phenolic OH excluding ortho intramolecular Hbond substituents is 2. The van der Waals surface area contributed by atoms with E-state index in [9.17, 15) is 15.0 Å². The van der Waals surface area contributed by atoms with E-state index in [0.29, 0.717) is 18.7 Å². The maximum Gasteiger partial charge on any atom is 0.254 e.